The van der Waals surface area contributed by atoms with E-state index in [-0.39, 0.29) is 0 Å². The fourth-order valence-electron chi connectivity index (χ4n) is 2.23. The zero-order chi connectivity index (χ0) is 13.8. The Kier molecular flexibility index (Phi) is 4.56. The van der Waals surface area contributed by atoms with Crippen molar-refractivity contribution in [3.8, 4) is 0 Å². The van der Waals surface area contributed by atoms with Crippen LogP contribution in [0.1, 0.15) is 24.7 Å². The molecule has 0 fully saturated rings. The number of aromatic amines is 1. The zero-order valence-corrected chi connectivity index (χ0v) is 12.1. The summed E-state index contributed by atoms with van der Waals surface area (Å²) in [6.07, 6.45) is 1.15. The summed E-state index contributed by atoms with van der Waals surface area (Å²) < 4.78 is 0. The van der Waals surface area contributed by atoms with Gasteiger partial charge in [0, 0.05) is 6.54 Å². The lowest BCUT2D eigenvalue weighted by atomic mass is 10.1. The van der Waals surface area contributed by atoms with Crippen LogP contribution in [-0.4, -0.2) is 35.0 Å². The number of nitrogens with zero attached hydrogens (tertiary/aromatic N) is 2. The first-order valence-corrected chi connectivity index (χ1v) is 6.92. The van der Waals surface area contributed by atoms with Gasteiger partial charge in [-0.05, 0) is 57.1 Å². The number of rotatable bonds is 6. The molecule has 4 heteroatoms. The summed E-state index contributed by atoms with van der Waals surface area (Å²) in [5.74, 6) is 1.57. The third-order valence-corrected chi connectivity index (χ3v) is 3.52. The van der Waals surface area contributed by atoms with Crippen LogP contribution < -0.4 is 5.73 Å². The van der Waals surface area contributed by atoms with Gasteiger partial charge in [-0.3, -0.25) is 0 Å². The number of aryl methyl sites for hydroxylation is 1. The second-order valence-electron chi connectivity index (χ2n) is 5.54. The highest BCUT2D eigenvalue weighted by Gasteiger charge is 2.06. The molecule has 0 aliphatic heterocycles. The van der Waals surface area contributed by atoms with E-state index >= 15 is 0 Å². The third-order valence-electron chi connectivity index (χ3n) is 3.52. The van der Waals surface area contributed by atoms with Gasteiger partial charge in [-0.25, -0.2) is 4.98 Å². The monoisotopic (exact) mass is 260 g/mol. The molecule has 19 heavy (non-hydrogen) atoms. The normalized spacial score (nSPS) is 13.3. The first-order valence-electron chi connectivity index (χ1n) is 6.92. The number of H-pyrrole nitrogens is 1. The maximum absolute atomic E-state index is 5.65. The van der Waals surface area contributed by atoms with Crippen LogP contribution in [0.5, 0.6) is 0 Å². The van der Waals surface area contributed by atoms with E-state index in [0.29, 0.717) is 5.92 Å². The molecule has 0 spiro atoms. The van der Waals surface area contributed by atoms with Crippen LogP contribution in [0.25, 0.3) is 11.0 Å². The number of hydrogen-bond donors (Lipinski definition) is 2. The molecule has 1 atom stereocenters. The van der Waals surface area contributed by atoms with Crippen molar-refractivity contribution >= 4 is 11.0 Å². The highest BCUT2D eigenvalue weighted by Crippen LogP contribution is 2.15. The summed E-state index contributed by atoms with van der Waals surface area (Å²) in [4.78, 5) is 10.1. The van der Waals surface area contributed by atoms with Crippen LogP contribution in [0.2, 0.25) is 0 Å². The number of nitrogens with two attached hydrogens (primary N) is 1. The minimum absolute atomic E-state index is 0.597. The summed E-state index contributed by atoms with van der Waals surface area (Å²) in [6.45, 7) is 7.00. The van der Waals surface area contributed by atoms with Crippen LogP contribution in [0, 0.1) is 12.8 Å². The molecule has 0 bridgehead atoms. The van der Waals surface area contributed by atoms with Gasteiger partial charge >= 0.3 is 0 Å². The van der Waals surface area contributed by atoms with Gasteiger partial charge in [0.2, 0.25) is 0 Å². The van der Waals surface area contributed by atoms with Crippen LogP contribution in [-0.2, 0) is 6.54 Å². The molecule has 1 aromatic heterocycles. The lowest BCUT2D eigenvalue weighted by Crippen LogP contribution is -2.23. The van der Waals surface area contributed by atoms with Crippen LogP contribution in [0.15, 0.2) is 18.2 Å². The Balaban J connectivity index is 1.96. The first-order chi connectivity index (χ1) is 9.08. The molecule has 0 radical (unpaired) electrons. The number of aromatic nitrogens is 2. The summed E-state index contributed by atoms with van der Waals surface area (Å²) in [5.41, 5.74) is 9.13. The molecule has 2 aromatic rings. The van der Waals surface area contributed by atoms with Crippen molar-refractivity contribution in [2.45, 2.75) is 26.8 Å². The number of fused-ring (bicyclic) bond motifs is 1. The molecule has 0 saturated carbocycles. The largest absolute Gasteiger partial charge is 0.342 e. The SMILES string of the molecule is Cc1nc2ccc(CN(C)CCC(C)CN)cc2[nH]1. The smallest absolute Gasteiger partial charge is 0.104 e. The lowest BCUT2D eigenvalue weighted by molar-refractivity contribution is 0.300. The summed E-state index contributed by atoms with van der Waals surface area (Å²) in [7, 11) is 2.16. The number of imidazole rings is 1. The molecule has 0 amide bonds. The molecule has 0 aliphatic rings. The van der Waals surface area contributed by atoms with E-state index < -0.39 is 0 Å². The Morgan fingerprint density at radius 3 is 2.95 bits per heavy atom. The van der Waals surface area contributed by atoms with Crippen molar-refractivity contribution in [1.29, 1.82) is 0 Å². The second kappa shape index (κ2) is 6.17. The predicted octanol–water partition coefficient (Wildman–Crippen LogP) is 2.29. The summed E-state index contributed by atoms with van der Waals surface area (Å²) >= 11 is 0. The van der Waals surface area contributed by atoms with E-state index in [0.717, 1.165) is 42.9 Å². The zero-order valence-electron chi connectivity index (χ0n) is 12.1. The highest BCUT2D eigenvalue weighted by atomic mass is 15.1. The summed E-state index contributed by atoms with van der Waals surface area (Å²) in [6, 6.07) is 6.44. The van der Waals surface area contributed by atoms with Crippen molar-refractivity contribution in [3.05, 3.63) is 29.6 Å². The van der Waals surface area contributed by atoms with Crippen molar-refractivity contribution in [3.63, 3.8) is 0 Å². The Morgan fingerprint density at radius 1 is 1.42 bits per heavy atom. The molecule has 1 aromatic carbocycles. The van der Waals surface area contributed by atoms with Crippen molar-refractivity contribution < 1.29 is 0 Å². The quantitative estimate of drug-likeness (QED) is 0.838. The Bertz CT molecular complexity index is 532. The van der Waals surface area contributed by atoms with Gasteiger partial charge in [0.05, 0.1) is 11.0 Å². The van der Waals surface area contributed by atoms with Gasteiger partial charge in [0.25, 0.3) is 0 Å². The van der Waals surface area contributed by atoms with E-state index in [1.54, 1.807) is 0 Å². The second-order valence-corrected chi connectivity index (χ2v) is 5.54. The Labute approximate surface area is 115 Å². The maximum atomic E-state index is 5.65. The van der Waals surface area contributed by atoms with Gasteiger partial charge < -0.3 is 15.6 Å². The molecule has 0 saturated heterocycles. The van der Waals surface area contributed by atoms with E-state index in [4.69, 9.17) is 5.73 Å². The fraction of sp³-hybridized carbons (Fsp3) is 0.533. The highest BCUT2D eigenvalue weighted by molar-refractivity contribution is 5.75. The molecule has 1 unspecified atom stereocenters. The van der Waals surface area contributed by atoms with Crippen molar-refractivity contribution in [1.82, 2.24) is 14.9 Å². The molecule has 3 N–H and O–H groups in total. The van der Waals surface area contributed by atoms with Crippen LogP contribution in [0.3, 0.4) is 0 Å². The van der Waals surface area contributed by atoms with Crippen molar-refractivity contribution in [2.75, 3.05) is 20.1 Å². The molecular weight excluding hydrogens is 236 g/mol. The molecule has 4 nitrogen and oxygen atoms in total. The van der Waals surface area contributed by atoms with Crippen molar-refractivity contribution in [2.24, 2.45) is 11.7 Å². The number of benzene rings is 1. The number of hydrogen-bond acceptors (Lipinski definition) is 3. The molecule has 0 aliphatic carbocycles. The predicted molar refractivity (Wildman–Crippen MR) is 80.0 cm³/mol. The number of nitrogens with one attached hydrogen (secondary N) is 1. The lowest BCUT2D eigenvalue weighted by Gasteiger charge is -2.18. The Morgan fingerprint density at radius 2 is 2.21 bits per heavy atom. The van der Waals surface area contributed by atoms with Gasteiger partial charge in [0.1, 0.15) is 5.82 Å². The fourth-order valence-corrected chi connectivity index (χ4v) is 2.23. The molecule has 1 heterocycles. The van der Waals surface area contributed by atoms with E-state index in [1.807, 2.05) is 6.92 Å². The molecule has 104 valence electrons. The van der Waals surface area contributed by atoms with E-state index in [9.17, 15) is 0 Å². The minimum atomic E-state index is 0.597. The molecular formula is C15H24N4. The van der Waals surface area contributed by atoms with Gasteiger partial charge in [-0.2, -0.15) is 0 Å². The first kappa shape index (κ1) is 14.0. The van der Waals surface area contributed by atoms with Crippen LogP contribution >= 0.6 is 0 Å². The average Bonchev–Trinajstić information content (AvgIpc) is 2.75. The minimum Gasteiger partial charge on any atom is -0.342 e. The molecule has 2 rings (SSSR count). The topological polar surface area (TPSA) is 57.9 Å². The average molecular weight is 260 g/mol. The standard InChI is InChI=1S/C15H24N4/c1-11(9-16)6-7-19(3)10-13-4-5-14-15(8-13)18-12(2)17-14/h4-5,8,11H,6-7,9-10,16H2,1-3H3,(H,17,18). The summed E-state index contributed by atoms with van der Waals surface area (Å²) in [5, 5.41) is 0. The van der Waals surface area contributed by atoms with E-state index in [1.165, 1.54) is 5.56 Å². The van der Waals surface area contributed by atoms with Crippen LogP contribution in [0.4, 0.5) is 0 Å². The van der Waals surface area contributed by atoms with Gasteiger partial charge in [0.15, 0.2) is 0 Å². The third kappa shape index (κ3) is 3.78. The Hall–Kier alpha value is -1.39. The maximum Gasteiger partial charge on any atom is 0.104 e. The van der Waals surface area contributed by atoms with E-state index in [2.05, 4.69) is 47.0 Å². The van der Waals surface area contributed by atoms with Gasteiger partial charge in [-0.1, -0.05) is 13.0 Å². The van der Waals surface area contributed by atoms with Gasteiger partial charge in [-0.15, -0.1) is 0 Å².